The lowest BCUT2D eigenvalue weighted by Crippen LogP contribution is -1.90. The number of aliphatic carboxylic acids is 1. The first-order chi connectivity index (χ1) is 7.72. The fourth-order valence-corrected chi connectivity index (χ4v) is 1.25. The van der Waals surface area contributed by atoms with E-state index in [-0.39, 0.29) is 6.42 Å². The van der Waals surface area contributed by atoms with Crippen molar-refractivity contribution in [1.82, 2.24) is 0 Å². The van der Waals surface area contributed by atoms with Crippen molar-refractivity contribution in [1.29, 1.82) is 0 Å². The SMILES string of the molecule is CC=C(C=CCC(=O)O)C=C1CC=CC=N1. The molecular formula is C13H15NO2. The fraction of sp³-hybridized carbons (Fsp3) is 0.231. The maximum atomic E-state index is 10.3. The Labute approximate surface area is 95.2 Å². The van der Waals surface area contributed by atoms with Gasteiger partial charge in [-0.2, -0.15) is 0 Å². The normalized spacial score (nSPS) is 18.6. The zero-order valence-corrected chi connectivity index (χ0v) is 9.26. The van der Waals surface area contributed by atoms with Crippen molar-refractivity contribution >= 4 is 12.2 Å². The molecule has 0 saturated heterocycles. The van der Waals surface area contributed by atoms with Gasteiger partial charge in [0.15, 0.2) is 0 Å². The zero-order valence-electron chi connectivity index (χ0n) is 9.26. The van der Waals surface area contributed by atoms with Crippen LogP contribution in [0.5, 0.6) is 0 Å². The molecule has 0 bridgehead atoms. The number of allylic oxidation sites excluding steroid dienone is 6. The van der Waals surface area contributed by atoms with Crippen molar-refractivity contribution in [2.45, 2.75) is 19.8 Å². The number of dihydropyridines is 1. The second-order valence-electron chi connectivity index (χ2n) is 3.34. The van der Waals surface area contributed by atoms with Gasteiger partial charge >= 0.3 is 5.97 Å². The van der Waals surface area contributed by atoms with E-state index in [1.807, 2.05) is 31.2 Å². The first kappa shape index (κ1) is 12.2. The van der Waals surface area contributed by atoms with Crippen LogP contribution >= 0.6 is 0 Å². The third kappa shape index (κ3) is 4.55. The topological polar surface area (TPSA) is 49.7 Å². The molecule has 0 aromatic rings. The predicted octanol–water partition coefficient (Wildman–Crippen LogP) is 2.88. The number of carbonyl (C=O) groups is 1. The number of nitrogens with zero attached hydrogens (tertiary/aromatic N) is 1. The van der Waals surface area contributed by atoms with Crippen LogP contribution in [0.4, 0.5) is 0 Å². The Kier molecular flexibility index (Phi) is 4.99. The number of rotatable bonds is 4. The first-order valence-electron chi connectivity index (χ1n) is 5.17. The van der Waals surface area contributed by atoms with Crippen LogP contribution in [0.2, 0.25) is 0 Å². The lowest BCUT2D eigenvalue weighted by molar-refractivity contribution is -0.135. The van der Waals surface area contributed by atoms with E-state index in [4.69, 9.17) is 5.11 Å². The summed E-state index contributed by atoms with van der Waals surface area (Å²) in [7, 11) is 0. The molecule has 1 aliphatic rings. The molecule has 0 spiro atoms. The Bertz CT molecular complexity index is 398. The Morgan fingerprint density at radius 1 is 1.62 bits per heavy atom. The minimum Gasteiger partial charge on any atom is -0.481 e. The van der Waals surface area contributed by atoms with Gasteiger partial charge in [-0.25, -0.2) is 0 Å². The molecule has 0 fully saturated rings. The van der Waals surface area contributed by atoms with Gasteiger partial charge in [0.2, 0.25) is 0 Å². The van der Waals surface area contributed by atoms with E-state index in [0.717, 1.165) is 17.7 Å². The van der Waals surface area contributed by atoms with Crippen LogP contribution < -0.4 is 0 Å². The Balaban J connectivity index is 2.62. The van der Waals surface area contributed by atoms with Gasteiger partial charge in [0.1, 0.15) is 0 Å². The van der Waals surface area contributed by atoms with Crippen LogP contribution in [-0.2, 0) is 4.79 Å². The Hall–Kier alpha value is -1.90. The molecule has 1 rings (SSSR count). The summed E-state index contributed by atoms with van der Waals surface area (Å²) in [5.74, 6) is -0.821. The van der Waals surface area contributed by atoms with Crippen LogP contribution in [0.15, 0.2) is 52.7 Å². The molecule has 1 aliphatic heterocycles. The van der Waals surface area contributed by atoms with Gasteiger partial charge in [-0.05, 0) is 24.6 Å². The number of hydrogen-bond donors (Lipinski definition) is 1. The molecule has 0 unspecified atom stereocenters. The highest BCUT2D eigenvalue weighted by Crippen LogP contribution is 2.12. The fourth-order valence-electron chi connectivity index (χ4n) is 1.25. The highest BCUT2D eigenvalue weighted by Gasteiger charge is 1.96. The van der Waals surface area contributed by atoms with Crippen molar-refractivity contribution in [3.8, 4) is 0 Å². The molecule has 1 heterocycles. The molecule has 3 heteroatoms. The van der Waals surface area contributed by atoms with Gasteiger partial charge in [-0.15, -0.1) is 0 Å². The van der Waals surface area contributed by atoms with Crippen molar-refractivity contribution in [2.75, 3.05) is 0 Å². The summed E-state index contributed by atoms with van der Waals surface area (Å²) >= 11 is 0. The maximum absolute atomic E-state index is 10.3. The zero-order chi connectivity index (χ0) is 11.8. The predicted molar refractivity (Wildman–Crippen MR) is 65.5 cm³/mol. The summed E-state index contributed by atoms with van der Waals surface area (Å²) in [4.78, 5) is 14.6. The van der Waals surface area contributed by atoms with Crippen LogP contribution in [0.1, 0.15) is 19.8 Å². The van der Waals surface area contributed by atoms with E-state index < -0.39 is 5.97 Å². The molecule has 0 radical (unpaired) electrons. The molecule has 0 atom stereocenters. The monoisotopic (exact) mass is 217 g/mol. The molecule has 0 aromatic carbocycles. The number of hydrogen-bond acceptors (Lipinski definition) is 2. The largest absolute Gasteiger partial charge is 0.481 e. The summed E-state index contributed by atoms with van der Waals surface area (Å²) in [5, 5.41) is 8.50. The smallest absolute Gasteiger partial charge is 0.307 e. The quantitative estimate of drug-likeness (QED) is 0.736. The number of carboxylic acid groups (broad SMARTS) is 1. The van der Waals surface area contributed by atoms with Gasteiger partial charge in [0.05, 0.1) is 6.42 Å². The van der Waals surface area contributed by atoms with E-state index >= 15 is 0 Å². The molecule has 84 valence electrons. The average Bonchev–Trinajstić information content (AvgIpc) is 2.28. The van der Waals surface area contributed by atoms with Gasteiger partial charge in [0, 0.05) is 18.3 Å². The van der Waals surface area contributed by atoms with Crippen molar-refractivity contribution < 1.29 is 9.90 Å². The molecular weight excluding hydrogens is 202 g/mol. The second kappa shape index (κ2) is 6.56. The maximum Gasteiger partial charge on any atom is 0.307 e. The van der Waals surface area contributed by atoms with E-state index in [9.17, 15) is 4.79 Å². The van der Waals surface area contributed by atoms with Crippen molar-refractivity contribution in [2.24, 2.45) is 4.99 Å². The highest BCUT2D eigenvalue weighted by atomic mass is 16.4. The van der Waals surface area contributed by atoms with Gasteiger partial charge < -0.3 is 5.11 Å². The van der Waals surface area contributed by atoms with Crippen molar-refractivity contribution in [3.63, 3.8) is 0 Å². The summed E-state index contributed by atoms with van der Waals surface area (Å²) in [6.45, 7) is 1.92. The lowest BCUT2D eigenvalue weighted by Gasteiger charge is -2.01. The van der Waals surface area contributed by atoms with E-state index in [1.165, 1.54) is 0 Å². The average molecular weight is 217 g/mol. The number of aliphatic imine (C=N–C) groups is 1. The van der Waals surface area contributed by atoms with Crippen LogP contribution in [0.3, 0.4) is 0 Å². The van der Waals surface area contributed by atoms with Crippen LogP contribution in [0, 0.1) is 0 Å². The van der Waals surface area contributed by atoms with E-state index in [2.05, 4.69) is 4.99 Å². The summed E-state index contributed by atoms with van der Waals surface area (Å²) in [6, 6.07) is 0. The summed E-state index contributed by atoms with van der Waals surface area (Å²) < 4.78 is 0. The molecule has 0 aromatic heterocycles. The Morgan fingerprint density at radius 2 is 2.44 bits per heavy atom. The second-order valence-corrected chi connectivity index (χ2v) is 3.34. The minimum atomic E-state index is -0.821. The van der Waals surface area contributed by atoms with Gasteiger partial charge in [-0.3, -0.25) is 9.79 Å². The third-order valence-electron chi connectivity index (χ3n) is 2.06. The number of carboxylic acids is 1. The van der Waals surface area contributed by atoms with E-state index in [0.29, 0.717) is 0 Å². The van der Waals surface area contributed by atoms with E-state index in [1.54, 1.807) is 18.4 Å². The van der Waals surface area contributed by atoms with Crippen LogP contribution in [-0.4, -0.2) is 17.3 Å². The first-order valence-corrected chi connectivity index (χ1v) is 5.17. The summed E-state index contributed by atoms with van der Waals surface area (Å²) in [5.41, 5.74) is 1.96. The standard InChI is InChI=1S/C13H15NO2/c1-2-11(6-5-8-13(15)16)10-12-7-3-4-9-14-12/h2-6,9-10H,7-8H2,1H3,(H,15,16). The molecule has 3 nitrogen and oxygen atoms in total. The highest BCUT2D eigenvalue weighted by molar-refractivity contribution is 5.73. The molecule has 0 aliphatic carbocycles. The lowest BCUT2D eigenvalue weighted by atomic mass is 10.1. The van der Waals surface area contributed by atoms with Gasteiger partial charge in [-0.1, -0.05) is 24.3 Å². The molecule has 0 saturated carbocycles. The molecule has 0 amide bonds. The van der Waals surface area contributed by atoms with Crippen LogP contribution in [0.25, 0.3) is 0 Å². The Morgan fingerprint density at radius 3 is 3.00 bits per heavy atom. The molecule has 1 N–H and O–H groups in total. The molecule has 16 heavy (non-hydrogen) atoms. The third-order valence-corrected chi connectivity index (χ3v) is 2.06. The summed E-state index contributed by atoms with van der Waals surface area (Å²) in [6.07, 6.45) is 13.9. The minimum absolute atomic E-state index is 0.0453. The van der Waals surface area contributed by atoms with Gasteiger partial charge in [0.25, 0.3) is 0 Å². The van der Waals surface area contributed by atoms with Crippen molar-refractivity contribution in [3.05, 3.63) is 47.7 Å².